The van der Waals surface area contributed by atoms with E-state index in [2.05, 4.69) is 17.3 Å². The van der Waals surface area contributed by atoms with E-state index in [4.69, 9.17) is 5.73 Å². The molecule has 20 heavy (non-hydrogen) atoms. The topological polar surface area (TPSA) is 72.9 Å². The number of carbonyl (C=O) groups excluding carboxylic acids is 1. The zero-order chi connectivity index (χ0) is 14.4. The van der Waals surface area contributed by atoms with E-state index < -0.39 is 0 Å². The number of para-hydroxylation sites is 1. The lowest BCUT2D eigenvalue weighted by atomic mass is 10.2. The van der Waals surface area contributed by atoms with E-state index in [0.29, 0.717) is 12.1 Å². The summed E-state index contributed by atoms with van der Waals surface area (Å²) in [4.78, 5) is 12.0. The van der Waals surface area contributed by atoms with E-state index >= 15 is 0 Å². The van der Waals surface area contributed by atoms with E-state index in [0.717, 1.165) is 18.5 Å². The third-order valence-electron chi connectivity index (χ3n) is 3.05. The van der Waals surface area contributed by atoms with E-state index in [1.807, 2.05) is 30.3 Å². The Bertz CT molecular complexity index is 550. The molecule has 0 spiro atoms. The number of nitrogens with two attached hydrogens (primary N) is 1. The fourth-order valence-corrected chi connectivity index (χ4v) is 1.96. The van der Waals surface area contributed by atoms with Crippen LogP contribution in [0.25, 0.3) is 5.69 Å². The molecule has 0 bridgehead atoms. The predicted molar refractivity (Wildman–Crippen MR) is 78.8 cm³/mol. The van der Waals surface area contributed by atoms with Crippen LogP contribution < -0.4 is 11.1 Å². The van der Waals surface area contributed by atoms with Crippen molar-refractivity contribution in [2.24, 2.45) is 5.73 Å². The van der Waals surface area contributed by atoms with Crippen molar-refractivity contribution in [3.63, 3.8) is 0 Å². The molecule has 1 unspecified atom stereocenters. The Kier molecular flexibility index (Phi) is 4.90. The second-order valence-corrected chi connectivity index (χ2v) is 4.77. The first kappa shape index (κ1) is 14.3. The van der Waals surface area contributed by atoms with Crippen LogP contribution in [0.5, 0.6) is 0 Å². The number of amides is 1. The van der Waals surface area contributed by atoms with Crippen molar-refractivity contribution < 1.29 is 4.79 Å². The van der Waals surface area contributed by atoms with Crippen LogP contribution in [0.1, 0.15) is 30.1 Å². The molecule has 0 fully saturated rings. The first-order valence-electron chi connectivity index (χ1n) is 6.84. The second kappa shape index (κ2) is 6.86. The number of hydrogen-bond acceptors (Lipinski definition) is 3. The largest absolute Gasteiger partial charge is 0.350 e. The lowest BCUT2D eigenvalue weighted by Gasteiger charge is -2.10. The van der Waals surface area contributed by atoms with Crippen LogP contribution in [-0.2, 0) is 0 Å². The van der Waals surface area contributed by atoms with Gasteiger partial charge in [0.15, 0.2) is 0 Å². The molecule has 0 aliphatic heterocycles. The molecule has 0 aliphatic carbocycles. The maximum absolute atomic E-state index is 12.0. The van der Waals surface area contributed by atoms with Crippen LogP contribution in [-0.4, -0.2) is 28.3 Å². The van der Waals surface area contributed by atoms with Gasteiger partial charge in [0.25, 0.3) is 5.91 Å². The van der Waals surface area contributed by atoms with Gasteiger partial charge in [-0.2, -0.15) is 5.10 Å². The number of aromatic nitrogens is 2. The molecule has 1 aromatic heterocycles. The molecule has 1 aromatic carbocycles. The van der Waals surface area contributed by atoms with E-state index in [9.17, 15) is 4.79 Å². The van der Waals surface area contributed by atoms with Gasteiger partial charge in [-0.1, -0.05) is 31.5 Å². The summed E-state index contributed by atoms with van der Waals surface area (Å²) in [7, 11) is 0. The fraction of sp³-hybridized carbons (Fsp3) is 0.333. The quantitative estimate of drug-likeness (QED) is 0.841. The Morgan fingerprint density at radius 2 is 2.15 bits per heavy atom. The first-order valence-corrected chi connectivity index (χ1v) is 6.84. The van der Waals surface area contributed by atoms with Crippen molar-refractivity contribution >= 4 is 5.91 Å². The molecule has 5 nitrogen and oxygen atoms in total. The summed E-state index contributed by atoms with van der Waals surface area (Å²) < 4.78 is 1.68. The second-order valence-electron chi connectivity index (χ2n) is 4.77. The van der Waals surface area contributed by atoms with Crippen LogP contribution in [0, 0.1) is 0 Å². The van der Waals surface area contributed by atoms with Gasteiger partial charge in [0.05, 0.1) is 17.4 Å². The maximum atomic E-state index is 12.0. The number of benzene rings is 1. The molecular weight excluding hydrogens is 252 g/mol. The minimum atomic E-state index is -0.140. The van der Waals surface area contributed by atoms with Crippen molar-refractivity contribution in [2.45, 2.75) is 25.8 Å². The Hall–Kier alpha value is -2.14. The molecular formula is C15H20N4O. The summed E-state index contributed by atoms with van der Waals surface area (Å²) in [5.41, 5.74) is 7.34. The molecule has 106 valence electrons. The average molecular weight is 272 g/mol. The average Bonchev–Trinajstić information content (AvgIpc) is 2.96. The highest BCUT2D eigenvalue weighted by Crippen LogP contribution is 2.07. The number of nitrogens with one attached hydrogen (secondary N) is 1. The van der Waals surface area contributed by atoms with Gasteiger partial charge < -0.3 is 11.1 Å². The summed E-state index contributed by atoms with van der Waals surface area (Å²) in [6.45, 7) is 2.56. The van der Waals surface area contributed by atoms with E-state index in [-0.39, 0.29) is 11.9 Å². The third kappa shape index (κ3) is 3.68. The molecule has 5 heteroatoms. The third-order valence-corrected chi connectivity index (χ3v) is 3.05. The van der Waals surface area contributed by atoms with Gasteiger partial charge in [-0.3, -0.25) is 4.79 Å². The smallest absolute Gasteiger partial charge is 0.254 e. The van der Waals surface area contributed by atoms with Crippen LogP contribution in [0.3, 0.4) is 0 Å². The Balaban J connectivity index is 1.97. The standard InChI is InChI=1S/C15H20N4O/c1-2-6-13(16)10-17-15(20)12-9-18-19(11-12)14-7-4-3-5-8-14/h3-5,7-9,11,13H,2,6,10,16H2,1H3,(H,17,20). The molecule has 1 atom stereocenters. The van der Waals surface area contributed by atoms with Crippen LogP contribution in [0.2, 0.25) is 0 Å². The minimum Gasteiger partial charge on any atom is -0.350 e. The summed E-state index contributed by atoms with van der Waals surface area (Å²) in [5, 5.41) is 7.03. The van der Waals surface area contributed by atoms with Gasteiger partial charge in [0.1, 0.15) is 0 Å². The monoisotopic (exact) mass is 272 g/mol. The highest BCUT2D eigenvalue weighted by atomic mass is 16.1. The van der Waals surface area contributed by atoms with Crippen molar-refractivity contribution in [1.29, 1.82) is 0 Å². The fourth-order valence-electron chi connectivity index (χ4n) is 1.96. The van der Waals surface area contributed by atoms with Crippen molar-refractivity contribution in [1.82, 2.24) is 15.1 Å². The van der Waals surface area contributed by atoms with Crippen LogP contribution in [0.15, 0.2) is 42.7 Å². The van der Waals surface area contributed by atoms with Gasteiger partial charge in [-0.15, -0.1) is 0 Å². The highest BCUT2D eigenvalue weighted by molar-refractivity contribution is 5.93. The molecule has 2 aromatic rings. The SMILES string of the molecule is CCCC(N)CNC(=O)c1cnn(-c2ccccc2)c1. The predicted octanol–water partition coefficient (Wildman–Crippen LogP) is 1.73. The van der Waals surface area contributed by atoms with Gasteiger partial charge >= 0.3 is 0 Å². The number of rotatable bonds is 6. The summed E-state index contributed by atoms with van der Waals surface area (Å²) >= 11 is 0. The van der Waals surface area contributed by atoms with Gasteiger partial charge in [0, 0.05) is 18.8 Å². The van der Waals surface area contributed by atoms with Gasteiger partial charge in [-0.05, 0) is 18.6 Å². The zero-order valence-electron chi connectivity index (χ0n) is 11.6. The van der Waals surface area contributed by atoms with Crippen molar-refractivity contribution in [2.75, 3.05) is 6.54 Å². The van der Waals surface area contributed by atoms with Gasteiger partial charge in [0.2, 0.25) is 0 Å². The normalized spacial score (nSPS) is 12.1. The number of nitrogens with zero attached hydrogens (tertiary/aromatic N) is 2. The first-order chi connectivity index (χ1) is 9.70. The van der Waals surface area contributed by atoms with Crippen LogP contribution in [0.4, 0.5) is 0 Å². The lowest BCUT2D eigenvalue weighted by Crippen LogP contribution is -2.36. The van der Waals surface area contributed by atoms with Crippen molar-refractivity contribution in [3.8, 4) is 5.69 Å². The zero-order valence-corrected chi connectivity index (χ0v) is 11.6. The van der Waals surface area contributed by atoms with E-state index in [1.165, 1.54) is 0 Å². The summed E-state index contributed by atoms with van der Waals surface area (Å²) in [6, 6.07) is 9.68. The summed E-state index contributed by atoms with van der Waals surface area (Å²) in [6.07, 6.45) is 5.20. The Labute approximate surface area is 118 Å². The maximum Gasteiger partial charge on any atom is 0.254 e. The summed E-state index contributed by atoms with van der Waals surface area (Å²) in [5.74, 6) is -0.140. The molecule has 0 radical (unpaired) electrons. The molecule has 0 saturated heterocycles. The minimum absolute atomic E-state index is 0.00752. The number of hydrogen-bond donors (Lipinski definition) is 2. The molecule has 2 rings (SSSR count). The molecule has 1 heterocycles. The molecule has 0 saturated carbocycles. The lowest BCUT2D eigenvalue weighted by molar-refractivity contribution is 0.0950. The molecule has 3 N–H and O–H groups in total. The molecule has 0 aliphatic rings. The van der Waals surface area contributed by atoms with Crippen LogP contribution >= 0.6 is 0 Å². The molecule has 1 amide bonds. The Morgan fingerprint density at radius 1 is 1.40 bits per heavy atom. The highest BCUT2D eigenvalue weighted by Gasteiger charge is 2.10. The van der Waals surface area contributed by atoms with Gasteiger partial charge in [-0.25, -0.2) is 4.68 Å². The number of carbonyl (C=O) groups is 1. The Morgan fingerprint density at radius 3 is 2.85 bits per heavy atom. The van der Waals surface area contributed by atoms with E-state index in [1.54, 1.807) is 17.1 Å². The van der Waals surface area contributed by atoms with Crippen molar-refractivity contribution in [3.05, 3.63) is 48.3 Å².